The minimum absolute atomic E-state index is 0.102. The second-order valence-electron chi connectivity index (χ2n) is 3.82. The Labute approximate surface area is 88.7 Å². The maximum Gasteiger partial charge on any atom is 0.237 e. The number of fused-ring (bicyclic) bond motifs is 1. The maximum absolute atomic E-state index is 11.8. The zero-order chi connectivity index (χ0) is 10.8. The topological polar surface area (TPSA) is 37.4 Å². The van der Waals surface area contributed by atoms with Crippen LogP contribution in [-0.2, 0) is 16.0 Å². The first kappa shape index (κ1) is 9.90. The van der Waals surface area contributed by atoms with Gasteiger partial charge >= 0.3 is 0 Å². The van der Waals surface area contributed by atoms with Crippen LogP contribution < -0.4 is 0 Å². The number of rotatable bonds is 1. The van der Waals surface area contributed by atoms with Gasteiger partial charge in [-0.2, -0.15) is 0 Å². The summed E-state index contributed by atoms with van der Waals surface area (Å²) in [5.74, 6) is -0.719. The molecule has 0 saturated heterocycles. The number of carbonyl (C=O) groups is 2. The first-order valence-corrected chi connectivity index (χ1v) is 5.02. The minimum Gasteiger partial charge on any atom is -0.345 e. The highest BCUT2D eigenvalue weighted by molar-refractivity contribution is 5.98. The van der Waals surface area contributed by atoms with Crippen LogP contribution in [0.1, 0.15) is 17.0 Å². The van der Waals surface area contributed by atoms with Crippen LogP contribution in [0.25, 0.3) is 0 Å². The van der Waals surface area contributed by atoms with Gasteiger partial charge in [0, 0.05) is 13.6 Å². The van der Waals surface area contributed by atoms with Crippen LogP contribution in [0.5, 0.6) is 0 Å². The molecule has 2 rings (SSSR count). The number of amides is 1. The van der Waals surface area contributed by atoms with E-state index >= 15 is 0 Å². The molecule has 1 heterocycles. The number of hydrogen-bond donors (Lipinski definition) is 0. The molecule has 1 atom stereocenters. The van der Waals surface area contributed by atoms with E-state index in [1.165, 1.54) is 0 Å². The van der Waals surface area contributed by atoms with Gasteiger partial charge in [-0.1, -0.05) is 24.3 Å². The van der Waals surface area contributed by atoms with Gasteiger partial charge in [0.2, 0.25) is 5.91 Å². The third-order valence-corrected chi connectivity index (χ3v) is 2.89. The van der Waals surface area contributed by atoms with E-state index in [1.54, 1.807) is 11.9 Å². The number of hydrogen-bond acceptors (Lipinski definition) is 2. The normalized spacial score (nSPS) is 20.7. The lowest BCUT2D eigenvalue weighted by molar-refractivity contribution is -0.133. The lowest BCUT2D eigenvalue weighted by Gasteiger charge is -2.16. The van der Waals surface area contributed by atoms with Gasteiger partial charge in [-0.15, -0.1) is 0 Å². The lowest BCUT2D eigenvalue weighted by Crippen LogP contribution is -2.31. The molecule has 0 N–H and O–H groups in total. The molecule has 0 saturated carbocycles. The van der Waals surface area contributed by atoms with Crippen molar-refractivity contribution in [3.63, 3.8) is 0 Å². The second-order valence-corrected chi connectivity index (χ2v) is 3.82. The molecule has 0 bridgehead atoms. The van der Waals surface area contributed by atoms with Gasteiger partial charge in [0.15, 0.2) is 0 Å². The molecular formula is C12H13NO2. The first-order chi connectivity index (χ1) is 7.24. The van der Waals surface area contributed by atoms with Crippen molar-refractivity contribution < 1.29 is 9.59 Å². The van der Waals surface area contributed by atoms with E-state index in [4.69, 9.17) is 0 Å². The average molecular weight is 203 g/mol. The van der Waals surface area contributed by atoms with Gasteiger partial charge < -0.3 is 9.69 Å². The summed E-state index contributed by atoms with van der Waals surface area (Å²) in [6.45, 7) is 0.681. The molecule has 0 radical (unpaired) electrons. The predicted octanol–water partition coefficient (Wildman–Crippen LogP) is 0.984. The molecule has 0 fully saturated rings. The van der Waals surface area contributed by atoms with Gasteiger partial charge in [-0.05, 0) is 17.5 Å². The Morgan fingerprint density at radius 3 is 2.87 bits per heavy atom. The number of likely N-dealkylation sites (N-methyl/N-ethyl adjacent to an activating group) is 1. The highest BCUT2D eigenvalue weighted by atomic mass is 16.2. The molecule has 3 heteroatoms. The van der Waals surface area contributed by atoms with Crippen molar-refractivity contribution in [3.05, 3.63) is 35.4 Å². The van der Waals surface area contributed by atoms with Gasteiger partial charge in [-0.25, -0.2) is 0 Å². The van der Waals surface area contributed by atoms with E-state index in [-0.39, 0.29) is 5.91 Å². The molecule has 1 amide bonds. The van der Waals surface area contributed by atoms with Crippen molar-refractivity contribution in [3.8, 4) is 0 Å². The van der Waals surface area contributed by atoms with Gasteiger partial charge in [0.05, 0.1) is 0 Å². The molecule has 3 nitrogen and oxygen atoms in total. The molecule has 15 heavy (non-hydrogen) atoms. The van der Waals surface area contributed by atoms with E-state index in [2.05, 4.69) is 0 Å². The summed E-state index contributed by atoms with van der Waals surface area (Å²) in [6, 6.07) is 7.66. The van der Waals surface area contributed by atoms with Crippen LogP contribution in [0.2, 0.25) is 0 Å². The van der Waals surface area contributed by atoms with Gasteiger partial charge in [0.1, 0.15) is 12.2 Å². The Morgan fingerprint density at radius 1 is 1.40 bits per heavy atom. The van der Waals surface area contributed by atoms with E-state index in [1.807, 2.05) is 24.3 Å². The minimum atomic E-state index is -0.617. The Balaban J connectivity index is 2.50. The molecule has 1 aromatic carbocycles. The van der Waals surface area contributed by atoms with Crippen molar-refractivity contribution >= 4 is 12.2 Å². The standard InChI is InChI=1S/C12H13NO2/c1-13-7-6-9-4-2-3-5-10(9)11(8-14)12(13)15/h2-5,8,11H,6-7H2,1H3. The zero-order valence-electron chi connectivity index (χ0n) is 8.64. The number of carbonyl (C=O) groups excluding carboxylic acids is 2. The highest BCUT2D eigenvalue weighted by Gasteiger charge is 2.28. The fraction of sp³-hybridized carbons (Fsp3) is 0.333. The molecule has 78 valence electrons. The summed E-state index contributed by atoms with van der Waals surface area (Å²) in [5.41, 5.74) is 1.97. The van der Waals surface area contributed by atoms with E-state index in [0.717, 1.165) is 23.8 Å². The monoisotopic (exact) mass is 203 g/mol. The second kappa shape index (κ2) is 3.85. The molecular weight excluding hydrogens is 190 g/mol. The molecule has 1 aromatic rings. The first-order valence-electron chi connectivity index (χ1n) is 5.02. The van der Waals surface area contributed by atoms with Crippen LogP contribution >= 0.6 is 0 Å². The summed E-state index contributed by atoms with van der Waals surface area (Å²) >= 11 is 0. The number of benzene rings is 1. The Bertz CT molecular complexity index is 400. The van der Waals surface area contributed by atoms with Crippen LogP contribution in [0.4, 0.5) is 0 Å². The van der Waals surface area contributed by atoms with Crippen molar-refractivity contribution in [2.75, 3.05) is 13.6 Å². The van der Waals surface area contributed by atoms with E-state index in [0.29, 0.717) is 6.54 Å². The summed E-state index contributed by atoms with van der Waals surface area (Å²) in [7, 11) is 1.74. The smallest absolute Gasteiger partial charge is 0.237 e. The molecule has 0 spiro atoms. The summed E-state index contributed by atoms with van der Waals surface area (Å²) < 4.78 is 0. The van der Waals surface area contributed by atoms with Crippen LogP contribution in [0.15, 0.2) is 24.3 Å². The molecule has 1 aliphatic rings. The van der Waals surface area contributed by atoms with E-state index < -0.39 is 5.92 Å². The molecule has 1 aliphatic heterocycles. The van der Waals surface area contributed by atoms with Crippen LogP contribution in [0, 0.1) is 0 Å². The van der Waals surface area contributed by atoms with Crippen LogP contribution in [0.3, 0.4) is 0 Å². The Hall–Kier alpha value is -1.64. The largest absolute Gasteiger partial charge is 0.345 e. The quantitative estimate of drug-likeness (QED) is 0.504. The van der Waals surface area contributed by atoms with Crippen molar-refractivity contribution in [2.45, 2.75) is 12.3 Å². The Morgan fingerprint density at radius 2 is 2.13 bits per heavy atom. The SMILES string of the molecule is CN1CCc2ccccc2C(C=O)C1=O. The molecule has 0 aliphatic carbocycles. The van der Waals surface area contributed by atoms with Crippen molar-refractivity contribution in [1.29, 1.82) is 0 Å². The Kier molecular flexibility index (Phi) is 2.54. The molecule has 1 unspecified atom stereocenters. The third kappa shape index (κ3) is 1.65. The van der Waals surface area contributed by atoms with Crippen molar-refractivity contribution in [2.24, 2.45) is 0 Å². The fourth-order valence-corrected chi connectivity index (χ4v) is 1.97. The van der Waals surface area contributed by atoms with Crippen LogP contribution in [-0.4, -0.2) is 30.7 Å². The summed E-state index contributed by atoms with van der Waals surface area (Å²) in [4.78, 5) is 24.4. The average Bonchev–Trinajstić information content (AvgIpc) is 2.38. The van der Waals surface area contributed by atoms with Crippen molar-refractivity contribution in [1.82, 2.24) is 4.90 Å². The zero-order valence-corrected chi connectivity index (χ0v) is 8.64. The summed E-state index contributed by atoms with van der Waals surface area (Å²) in [6.07, 6.45) is 1.56. The van der Waals surface area contributed by atoms with Gasteiger partial charge in [-0.3, -0.25) is 4.79 Å². The number of aldehydes is 1. The maximum atomic E-state index is 11.8. The fourth-order valence-electron chi connectivity index (χ4n) is 1.97. The predicted molar refractivity (Wildman–Crippen MR) is 56.6 cm³/mol. The highest BCUT2D eigenvalue weighted by Crippen LogP contribution is 2.24. The third-order valence-electron chi connectivity index (χ3n) is 2.89. The summed E-state index contributed by atoms with van der Waals surface area (Å²) in [5, 5.41) is 0. The number of nitrogens with zero attached hydrogens (tertiary/aromatic N) is 1. The van der Waals surface area contributed by atoms with Gasteiger partial charge in [0.25, 0.3) is 0 Å². The lowest BCUT2D eigenvalue weighted by atomic mass is 9.95. The molecule has 0 aromatic heterocycles. The van der Waals surface area contributed by atoms with E-state index in [9.17, 15) is 9.59 Å².